The summed E-state index contributed by atoms with van der Waals surface area (Å²) in [5, 5.41) is 8.66. The van der Waals surface area contributed by atoms with E-state index in [1.807, 2.05) is 0 Å². The van der Waals surface area contributed by atoms with Crippen LogP contribution in [0.5, 0.6) is 0 Å². The van der Waals surface area contributed by atoms with E-state index in [1.54, 1.807) is 20.8 Å². The summed E-state index contributed by atoms with van der Waals surface area (Å²) in [6.45, 7) is 5.04. The van der Waals surface area contributed by atoms with E-state index in [-0.39, 0.29) is 5.75 Å². The Morgan fingerprint density at radius 2 is 1.75 bits per heavy atom. The van der Waals surface area contributed by atoms with Gasteiger partial charge in [0.1, 0.15) is 17.2 Å². The van der Waals surface area contributed by atoms with E-state index in [1.165, 1.54) is 0 Å². The van der Waals surface area contributed by atoms with Crippen LogP contribution in [0.1, 0.15) is 31.1 Å². The van der Waals surface area contributed by atoms with E-state index in [2.05, 4.69) is 0 Å². The summed E-state index contributed by atoms with van der Waals surface area (Å²) < 4.78 is 32.2. The molecular weight excluding hydrogens is 290 g/mol. The van der Waals surface area contributed by atoms with Gasteiger partial charge in [0, 0.05) is 0 Å². The number of hydrogen-bond donors (Lipinski definition) is 1. The lowest BCUT2D eigenvalue weighted by atomic mass is 10.2. The first-order valence-corrected chi connectivity index (χ1v) is 6.65. The molecule has 0 atom stereocenters. The summed E-state index contributed by atoms with van der Waals surface area (Å²) >= 11 is 0.625. The Bertz CT molecular complexity index is 515. The maximum absolute atomic E-state index is 13.6. The number of rotatable bonds is 4. The molecule has 0 saturated carbocycles. The van der Waals surface area contributed by atoms with Gasteiger partial charge in [-0.25, -0.2) is 13.6 Å². The van der Waals surface area contributed by atoms with Crippen molar-refractivity contribution in [2.75, 3.05) is 5.75 Å². The van der Waals surface area contributed by atoms with Crippen LogP contribution in [0, 0.1) is 11.6 Å². The molecule has 0 fully saturated rings. The largest absolute Gasteiger partial charge is 0.478 e. The Morgan fingerprint density at radius 3 is 2.15 bits per heavy atom. The smallest absolute Gasteiger partial charge is 0.335 e. The van der Waals surface area contributed by atoms with Crippen molar-refractivity contribution in [2.24, 2.45) is 0 Å². The van der Waals surface area contributed by atoms with E-state index < -0.39 is 39.6 Å². The summed E-state index contributed by atoms with van der Waals surface area (Å²) in [6, 6.07) is 1.42. The minimum atomic E-state index is -1.42. The van der Waals surface area contributed by atoms with E-state index in [4.69, 9.17) is 9.84 Å². The Balaban J connectivity index is 2.79. The van der Waals surface area contributed by atoms with Crippen molar-refractivity contribution in [1.29, 1.82) is 0 Å². The number of carbonyl (C=O) groups excluding carboxylic acids is 1. The summed E-state index contributed by atoms with van der Waals surface area (Å²) in [5.41, 5.74) is -1.16. The van der Waals surface area contributed by atoms with Crippen molar-refractivity contribution < 1.29 is 28.2 Å². The van der Waals surface area contributed by atoms with Crippen molar-refractivity contribution in [3.05, 3.63) is 29.3 Å². The lowest BCUT2D eigenvalue weighted by Crippen LogP contribution is -2.25. The van der Waals surface area contributed by atoms with Crippen LogP contribution < -0.4 is 0 Å². The number of carboxylic acids is 1. The van der Waals surface area contributed by atoms with Gasteiger partial charge in [-0.05, 0) is 32.9 Å². The highest BCUT2D eigenvalue weighted by Gasteiger charge is 2.19. The zero-order valence-corrected chi connectivity index (χ0v) is 12.0. The van der Waals surface area contributed by atoms with E-state index >= 15 is 0 Å². The predicted molar refractivity (Wildman–Crippen MR) is 69.9 cm³/mol. The average molecular weight is 304 g/mol. The van der Waals surface area contributed by atoms with Gasteiger partial charge in [-0.3, -0.25) is 4.79 Å². The molecule has 0 unspecified atom stereocenters. The summed E-state index contributed by atoms with van der Waals surface area (Å²) in [7, 11) is 0. The molecule has 0 aliphatic rings. The second-order valence-corrected chi connectivity index (χ2v) is 5.93. The van der Waals surface area contributed by atoms with Crippen LogP contribution >= 0.6 is 11.8 Å². The molecule has 0 aromatic heterocycles. The van der Waals surface area contributed by atoms with Crippen LogP contribution in [0.2, 0.25) is 0 Å². The first kappa shape index (κ1) is 16.4. The van der Waals surface area contributed by atoms with Gasteiger partial charge in [0.05, 0.1) is 16.2 Å². The summed E-state index contributed by atoms with van der Waals surface area (Å²) in [6.07, 6.45) is 0. The molecule has 0 aliphatic carbocycles. The molecule has 1 rings (SSSR count). The molecule has 0 amide bonds. The van der Waals surface area contributed by atoms with Gasteiger partial charge in [-0.1, -0.05) is 0 Å². The van der Waals surface area contributed by atoms with Crippen LogP contribution in [0.25, 0.3) is 0 Å². The van der Waals surface area contributed by atoms with Gasteiger partial charge >= 0.3 is 11.9 Å². The normalized spacial score (nSPS) is 11.2. The van der Waals surface area contributed by atoms with Crippen molar-refractivity contribution in [3.63, 3.8) is 0 Å². The van der Waals surface area contributed by atoms with Crippen LogP contribution in [0.4, 0.5) is 8.78 Å². The van der Waals surface area contributed by atoms with Crippen LogP contribution in [-0.4, -0.2) is 28.4 Å². The quantitative estimate of drug-likeness (QED) is 0.684. The number of hydrogen-bond acceptors (Lipinski definition) is 4. The molecule has 4 nitrogen and oxygen atoms in total. The minimum absolute atomic E-state index is 0.266. The van der Waals surface area contributed by atoms with E-state index in [0.29, 0.717) is 23.9 Å². The monoisotopic (exact) mass is 304 g/mol. The summed E-state index contributed by atoms with van der Waals surface area (Å²) in [5.74, 6) is -4.33. The number of halogens is 2. The van der Waals surface area contributed by atoms with E-state index in [0.717, 1.165) is 0 Å². The van der Waals surface area contributed by atoms with Crippen LogP contribution in [0.3, 0.4) is 0 Å². The number of carboxylic acid groups (broad SMARTS) is 1. The topological polar surface area (TPSA) is 63.6 Å². The van der Waals surface area contributed by atoms with Gasteiger partial charge < -0.3 is 9.84 Å². The van der Waals surface area contributed by atoms with Crippen LogP contribution in [-0.2, 0) is 9.53 Å². The molecule has 0 aliphatic heterocycles. The van der Waals surface area contributed by atoms with Gasteiger partial charge in [-0.15, -0.1) is 11.8 Å². The minimum Gasteiger partial charge on any atom is -0.478 e. The Kier molecular flexibility index (Phi) is 5.10. The lowest BCUT2D eigenvalue weighted by Gasteiger charge is -2.19. The number of esters is 1. The molecule has 7 heteroatoms. The maximum Gasteiger partial charge on any atom is 0.335 e. The number of ether oxygens (including phenoxy) is 1. The molecule has 0 saturated heterocycles. The number of benzene rings is 1. The Hall–Kier alpha value is -1.63. The molecule has 110 valence electrons. The van der Waals surface area contributed by atoms with Gasteiger partial charge in [0.2, 0.25) is 0 Å². The fourth-order valence-corrected chi connectivity index (χ4v) is 2.04. The third-order valence-electron chi connectivity index (χ3n) is 2.00. The molecular formula is C13H14F2O4S. The molecule has 0 radical (unpaired) electrons. The number of thioether (sulfide) groups is 1. The molecule has 1 aromatic carbocycles. The van der Waals surface area contributed by atoms with Crippen LogP contribution in [0.15, 0.2) is 17.0 Å². The molecule has 20 heavy (non-hydrogen) atoms. The van der Waals surface area contributed by atoms with Gasteiger partial charge in [0.25, 0.3) is 0 Å². The van der Waals surface area contributed by atoms with E-state index in [9.17, 15) is 18.4 Å². The van der Waals surface area contributed by atoms with Crippen molar-refractivity contribution >= 4 is 23.7 Å². The third kappa shape index (κ3) is 4.80. The Morgan fingerprint density at radius 1 is 1.25 bits per heavy atom. The highest BCUT2D eigenvalue weighted by molar-refractivity contribution is 8.00. The number of aromatic carboxylic acids is 1. The fraction of sp³-hybridized carbons (Fsp3) is 0.385. The van der Waals surface area contributed by atoms with Crippen molar-refractivity contribution in [2.45, 2.75) is 31.3 Å². The van der Waals surface area contributed by atoms with Gasteiger partial charge in [0.15, 0.2) is 0 Å². The zero-order chi connectivity index (χ0) is 15.5. The first-order chi connectivity index (χ1) is 9.10. The van der Waals surface area contributed by atoms with Crippen molar-refractivity contribution in [3.8, 4) is 0 Å². The fourth-order valence-electron chi connectivity index (χ4n) is 1.32. The zero-order valence-electron chi connectivity index (χ0n) is 11.2. The SMILES string of the molecule is CC(C)(C)OC(=O)CSc1c(F)cc(C(=O)O)cc1F. The highest BCUT2D eigenvalue weighted by Crippen LogP contribution is 2.27. The first-order valence-electron chi connectivity index (χ1n) is 5.67. The molecule has 1 aromatic rings. The second kappa shape index (κ2) is 6.21. The molecule has 0 heterocycles. The second-order valence-electron chi connectivity index (χ2n) is 4.95. The summed E-state index contributed by atoms with van der Waals surface area (Å²) in [4.78, 5) is 21.7. The molecule has 0 spiro atoms. The van der Waals surface area contributed by atoms with Gasteiger partial charge in [-0.2, -0.15) is 0 Å². The molecule has 0 bridgehead atoms. The lowest BCUT2D eigenvalue weighted by molar-refractivity contribution is -0.151. The predicted octanol–water partition coefficient (Wildman–Crippen LogP) is 3.10. The Labute approximate surface area is 119 Å². The average Bonchev–Trinajstić information content (AvgIpc) is 2.24. The molecule has 1 N–H and O–H groups in total. The third-order valence-corrected chi connectivity index (χ3v) is 3.06. The standard InChI is InChI=1S/C13H14F2O4S/c1-13(2,3)19-10(16)6-20-11-8(14)4-7(12(17)18)5-9(11)15/h4-5H,6H2,1-3H3,(H,17,18). The highest BCUT2D eigenvalue weighted by atomic mass is 32.2. The maximum atomic E-state index is 13.6. The van der Waals surface area contributed by atoms with Crippen molar-refractivity contribution in [1.82, 2.24) is 0 Å². The number of carbonyl (C=O) groups is 2.